The third kappa shape index (κ3) is 4.67. The van der Waals surface area contributed by atoms with Crippen molar-refractivity contribution in [3.63, 3.8) is 0 Å². The van der Waals surface area contributed by atoms with Gasteiger partial charge < -0.3 is 0 Å². The zero-order chi connectivity index (χ0) is 20.9. The molecule has 4 rings (SSSR count). The summed E-state index contributed by atoms with van der Waals surface area (Å²) in [7, 11) is 0. The van der Waals surface area contributed by atoms with Crippen molar-refractivity contribution in [1.82, 2.24) is 19.6 Å². The number of hydrogen-bond acceptors (Lipinski definition) is 6. The highest BCUT2D eigenvalue weighted by molar-refractivity contribution is 7.09. The Hall–Kier alpha value is -2.81. The van der Waals surface area contributed by atoms with Crippen LogP contribution in [0.2, 0.25) is 0 Å². The number of thiophene rings is 1. The van der Waals surface area contributed by atoms with E-state index in [1.165, 1.54) is 16.9 Å². The predicted molar refractivity (Wildman–Crippen MR) is 115 cm³/mol. The fraction of sp³-hybridized carbons (Fsp3) is 0.318. The summed E-state index contributed by atoms with van der Waals surface area (Å²) in [5, 5.41) is 1.88. The number of urea groups is 1. The number of carbonyl (C=O) groups is 3. The van der Waals surface area contributed by atoms with Crippen LogP contribution in [0.5, 0.6) is 0 Å². The van der Waals surface area contributed by atoms with E-state index in [4.69, 9.17) is 0 Å². The molecule has 0 aliphatic carbocycles. The van der Waals surface area contributed by atoms with Crippen LogP contribution in [0.3, 0.4) is 0 Å². The summed E-state index contributed by atoms with van der Waals surface area (Å²) in [6.45, 7) is 4.36. The fourth-order valence-electron chi connectivity index (χ4n) is 3.59. The average molecular weight is 425 g/mol. The highest BCUT2D eigenvalue weighted by Gasteiger charge is 2.45. The van der Waals surface area contributed by atoms with Crippen LogP contribution in [0.25, 0.3) is 6.08 Å². The molecule has 8 heteroatoms. The second kappa shape index (κ2) is 9.34. The number of hydrogen-bond donors (Lipinski definition) is 0. The molecule has 1 aromatic carbocycles. The Bertz CT molecular complexity index is 921. The van der Waals surface area contributed by atoms with Gasteiger partial charge in [-0.1, -0.05) is 48.6 Å². The normalized spacial score (nSPS) is 18.9. The highest BCUT2D eigenvalue weighted by Crippen LogP contribution is 2.19. The molecular formula is C22H24N4O3S. The van der Waals surface area contributed by atoms with E-state index < -0.39 is 17.8 Å². The average Bonchev–Trinajstić information content (AvgIpc) is 3.35. The number of piperazine rings is 1. The Morgan fingerprint density at radius 3 is 2.23 bits per heavy atom. The highest BCUT2D eigenvalue weighted by atomic mass is 32.1. The van der Waals surface area contributed by atoms with Crippen LogP contribution in [0.1, 0.15) is 10.4 Å². The topological polar surface area (TPSA) is 64.2 Å². The lowest BCUT2D eigenvalue weighted by Gasteiger charge is -2.35. The standard InChI is InChI=1S/C22H24N4O3S/c27-20-21(28)26(22(29)25(20)16-19-9-5-15-30-19)17-24-13-11-23(12-14-24)10-4-8-18-6-2-1-3-7-18/h1-9,15H,10-14,16-17H2. The molecule has 0 radical (unpaired) electrons. The van der Waals surface area contributed by atoms with Gasteiger partial charge in [0.2, 0.25) is 0 Å². The molecule has 2 aliphatic heterocycles. The fourth-order valence-corrected chi connectivity index (χ4v) is 4.28. The van der Waals surface area contributed by atoms with E-state index in [0.29, 0.717) is 0 Å². The van der Waals surface area contributed by atoms with Gasteiger partial charge in [0.25, 0.3) is 0 Å². The van der Waals surface area contributed by atoms with Crippen molar-refractivity contribution < 1.29 is 14.4 Å². The Balaban J connectivity index is 1.26. The van der Waals surface area contributed by atoms with Crippen molar-refractivity contribution in [3.8, 4) is 0 Å². The number of rotatable bonds is 7. The van der Waals surface area contributed by atoms with E-state index in [9.17, 15) is 14.4 Å². The molecule has 30 heavy (non-hydrogen) atoms. The quantitative estimate of drug-likeness (QED) is 0.504. The summed E-state index contributed by atoms with van der Waals surface area (Å²) >= 11 is 1.46. The van der Waals surface area contributed by atoms with Gasteiger partial charge in [-0.15, -0.1) is 11.3 Å². The summed E-state index contributed by atoms with van der Waals surface area (Å²) < 4.78 is 0. The van der Waals surface area contributed by atoms with Crippen LogP contribution < -0.4 is 0 Å². The summed E-state index contributed by atoms with van der Waals surface area (Å²) in [5.41, 5.74) is 1.18. The first-order valence-electron chi connectivity index (χ1n) is 9.98. The lowest BCUT2D eigenvalue weighted by molar-refractivity contribution is -0.144. The van der Waals surface area contributed by atoms with E-state index in [1.807, 2.05) is 35.7 Å². The Kier molecular flexibility index (Phi) is 6.37. The van der Waals surface area contributed by atoms with Crippen LogP contribution in [0.15, 0.2) is 53.9 Å². The maximum atomic E-state index is 12.6. The SMILES string of the molecule is O=C1C(=O)N(CN2CCN(CC=Cc3ccccc3)CC2)C(=O)N1Cc1cccs1. The molecule has 0 spiro atoms. The summed E-state index contributed by atoms with van der Waals surface area (Å²) in [6, 6.07) is 13.4. The summed E-state index contributed by atoms with van der Waals surface area (Å²) in [4.78, 5) is 44.6. The molecule has 2 fully saturated rings. The van der Waals surface area contributed by atoms with E-state index in [2.05, 4.69) is 34.1 Å². The van der Waals surface area contributed by atoms with Crippen molar-refractivity contribution >= 4 is 35.3 Å². The maximum absolute atomic E-state index is 12.6. The smallest absolute Gasteiger partial charge is 0.297 e. The minimum atomic E-state index is -0.738. The zero-order valence-corrected chi connectivity index (χ0v) is 17.5. The van der Waals surface area contributed by atoms with Crippen LogP contribution >= 0.6 is 11.3 Å². The van der Waals surface area contributed by atoms with E-state index in [1.54, 1.807) is 0 Å². The Morgan fingerprint density at radius 1 is 0.833 bits per heavy atom. The molecule has 2 saturated heterocycles. The maximum Gasteiger partial charge on any atom is 0.335 e. The van der Waals surface area contributed by atoms with E-state index in [0.717, 1.165) is 47.4 Å². The second-order valence-electron chi connectivity index (χ2n) is 7.36. The Morgan fingerprint density at radius 2 is 1.53 bits per heavy atom. The number of benzene rings is 1. The van der Waals surface area contributed by atoms with Crippen LogP contribution in [-0.2, 0) is 16.1 Å². The minimum absolute atomic E-state index is 0.152. The van der Waals surface area contributed by atoms with Gasteiger partial charge in [-0.3, -0.25) is 24.3 Å². The molecule has 2 aliphatic rings. The van der Waals surface area contributed by atoms with Crippen molar-refractivity contribution in [2.75, 3.05) is 39.4 Å². The molecule has 3 heterocycles. The molecule has 0 saturated carbocycles. The molecule has 0 unspecified atom stereocenters. The molecule has 1 aromatic heterocycles. The zero-order valence-electron chi connectivity index (χ0n) is 16.6. The van der Waals surface area contributed by atoms with Gasteiger partial charge in [-0.2, -0.15) is 0 Å². The van der Waals surface area contributed by atoms with Crippen LogP contribution in [0, 0.1) is 0 Å². The Labute approximate surface area is 179 Å². The molecular weight excluding hydrogens is 400 g/mol. The first-order chi connectivity index (χ1) is 14.6. The number of imide groups is 2. The molecule has 7 nitrogen and oxygen atoms in total. The predicted octanol–water partition coefficient (Wildman–Crippen LogP) is 2.33. The van der Waals surface area contributed by atoms with Crippen LogP contribution in [-0.4, -0.2) is 76.8 Å². The van der Waals surface area contributed by atoms with Gasteiger partial charge in [-0.25, -0.2) is 9.69 Å². The van der Waals surface area contributed by atoms with Crippen LogP contribution in [0.4, 0.5) is 4.79 Å². The van der Waals surface area contributed by atoms with Crippen molar-refractivity contribution in [2.45, 2.75) is 6.54 Å². The van der Waals surface area contributed by atoms with Crippen molar-refractivity contribution in [1.29, 1.82) is 0 Å². The first-order valence-corrected chi connectivity index (χ1v) is 10.9. The third-order valence-electron chi connectivity index (χ3n) is 5.31. The number of carbonyl (C=O) groups excluding carboxylic acids is 3. The lowest BCUT2D eigenvalue weighted by Crippen LogP contribution is -2.51. The van der Waals surface area contributed by atoms with Crippen molar-refractivity contribution in [2.24, 2.45) is 0 Å². The molecule has 2 aromatic rings. The molecule has 0 N–H and O–H groups in total. The van der Waals surface area contributed by atoms with Gasteiger partial charge in [0, 0.05) is 37.6 Å². The van der Waals surface area contributed by atoms with Gasteiger partial charge in [0.15, 0.2) is 0 Å². The minimum Gasteiger partial charge on any atom is -0.297 e. The molecule has 0 atom stereocenters. The summed E-state index contributed by atoms with van der Waals surface area (Å²) in [6.07, 6.45) is 4.27. The van der Waals surface area contributed by atoms with E-state index >= 15 is 0 Å². The third-order valence-corrected chi connectivity index (χ3v) is 6.17. The second-order valence-corrected chi connectivity index (χ2v) is 8.39. The largest absolute Gasteiger partial charge is 0.335 e. The van der Waals surface area contributed by atoms with Gasteiger partial charge >= 0.3 is 17.8 Å². The molecule has 0 bridgehead atoms. The summed E-state index contributed by atoms with van der Waals surface area (Å²) in [5.74, 6) is -1.47. The van der Waals surface area contributed by atoms with E-state index in [-0.39, 0.29) is 13.2 Å². The first kappa shape index (κ1) is 20.5. The van der Waals surface area contributed by atoms with Crippen molar-refractivity contribution in [3.05, 3.63) is 64.4 Å². The lowest BCUT2D eigenvalue weighted by atomic mass is 10.2. The number of nitrogens with zero attached hydrogens (tertiary/aromatic N) is 4. The molecule has 4 amide bonds. The molecule has 156 valence electrons. The van der Waals surface area contributed by atoms with Gasteiger partial charge in [0.05, 0.1) is 13.2 Å². The monoisotopic (exact) mass is 424 g/mol. The number of amides is 4. The van der Waals surface area contributed by atoms with Gasteiger partial charge in [0.1, 0.15) is 0 Å². The van der Waals surface area contributed by atoms with Gasteiger partial charge in [-0.05, 0) is 17.0 Å².